The van der Waals surface area contributed by atoms with E-state index < -0.39 is 0 Å². The molecule has 5 nitrogen and oxygen atoms in total. The molecule has 1 aromatic heterocycles. The lowest BCUT2D eigenvalue weighted by Gasteiger charge is -2.23. The highest BCUT2D eigenvalue weighted by atomic mass is 16.5. The van der Waals surface area contributed by atoms with Gasteiger partial charge in [-0.2, -0.15) is 10.1 Å². The van der Waals surface area contributed by atoms with Gasteiger partial charge in [-0.15, -0.1) is 0 Å². The summed E-state index contributed by atoms with van der Waals surface area (Å²) in [5.74, 6) is 0. The summed E-state index contributed by atoms with van der Waals surface area (Å²) < 4.78 is 5.02. The van der Waals surface area contributed by atoms with Gasteiger partial charge in [0.2, 0.25) is 0 Å². The minimum absolute atomic E-state index is 0.225. The second kappa shape index (κ2) is 3.13. The molecule has 0 radical (unpaired) electrons. The van der Waals surface area contributed by atoms with Crippen molar-refractivity contribution in [3.05, 3.63) is 11.9 Å². The van der Waals surface area contributed by atoms with Crippen LogP contribution in [0.1, 0.15) is 18.5 Å². The Balaban J connectivity index is 1.98. The third-order valence-electron chi connectivity index (χ3n) is 3.60. The molecule has 1 aromatic rings. The zero-order chi connectivity index (χ0) is 10.3. The van der Waals surface area contributed by atoms with Gasteiger partial charge in [0.1, 0.15) is 0 Å². The van der Waals surface area contributed by atoms with Gasteiger partial charge in [-0.05, 0) is 25.9 Å². The summed E-state index contributed by atoms with van der Waals surface area (Å²) in [5, 5.41) is 7.77. The molecule has 2 fully saturated rings. The smallest absolute Gasteiger partial charge is 0.335 e. The summed E-state index contributed by atoms with van der Waals surface area (Å²) in [4.78, 5) is 6.90. The van der Waals surface area contributed by atoms with Crippen molar-refractivity contribution in [2.75, 3.05) is 26.7 Å². The lowest BCUT2D eigenvalue weighted by Crippen LogP contribution is -2.26. The van der Waals surface area contributed by atoms with Gasteiger partial charge in [0, 0.05) is 12.0 Å². The first-order chi connectivity index (χ1) is 7.32. The Morgan fingerprint density at radius 2 is 2.20 bits per heavy atom. The van der Waals surface area contributed by atoms with Gasteiger partial charge in [0.25, 0.3) is 0 Å². The maximum atomic E-state index is 5.02. The highest BCUT2D eigenvalue weighted by molar-refractivity contribution is 5.21. The van der Waals surface area contributed by atoms with E-state index in [1.165, 1.54) is 25.9 Å². The van der Waals surface area contributed by atoms with Crippen LogP contribution in [0.5, 0.6) is 6.01 Å². The van der Waals surface area contributed by atoms with Crippen LogP contribution in [0.4, 0.5) is 0 Å². The van der Waals surface area contributed by atoms with E-state index in [0.29, 0.717) is 6.01 Å². The van der Waals surface area contributed by atoms with Crippen molar-refractivity contribution in [3.63, 3.8) is 0 Å². The molecule has 0 aliphatic carbocycles. The SMILES string of the molecule is COc1nncc(C23CCN(CC2)C3)n1. The van der Waals surface area contributed by atoms with Crippen LogP contribution in [0.25, 0.3) is 0 Å². The summed E-state index contributed by atoms with van der Waals surface area (Å²) in [7, 11) is 1.58. The number of aromatic nitrogens is 3. The lowest BCUT2D eigenvalue weighted by molar-refractivity contribution is 0.353. The Morgan fingerprint density at radius 3 is 2.80 bits per heavy atom. The second-order valence-electron chi connectivity index (χ2n) is 4.38. The van der Waals surface area contributed by atoms with Crippen LogP contribution >= 0.6 is 0 Å². The van der Waals surface area contributed by atoms with Crippen LogP contribution in [-0.2, 0) is 5.41 Å². The molecular formula is C10H14N4O. The fourth-order valence-corrected chi connectivity index (χ4v) is 2.69. The number of hydrogen-bond acceptors (Lipinski definition) is 5. The summed E-state index contributed by atoms with van der Waals surface area (Å²) in [6.07, 6.45) is 4.17. The third kappa shape index (κ3) is 1.30. The topological polar surface area (TPSA) is 51.1 Å². The Morgan fingerprint density at radius 1 is 1.40 bits per heavy atom. The van der Waals surface area contributed by atoms with Gasteiger partial charge in [0.05, 0.1) is 19.0 Å². The van der Waals surface area contributed by atoms with Gasteiger partial charge >= 0.3 is 6.01 Å². The van der Waals surface area contributed by atoms with E-state index >= 15 is 0 Å². The molecule has 0 unspecified atom stereocenters. The van der Waals surface area contributed by atoms with Crippen LogP contribution in [0, 0.1) is 0 Å². The number of ether oxygens (including phenoxy) is 1. The third-order valence-corrected chi connectivity index (χ3v) is 3.60. The number of fused-ring (bicyclic) bond motifs is 2. The van der Waals surface area contributed by atoms with Gasteiger partial charge in [-0.25, -0.2) is 0 Å². The summed E-state index contributed by atoms with van der Waals surface area (Å²) in [6.45, 7) is 3.49. The number of piperidine rings is 1. The van der Waals surface area contributed by atoms with E-state index in [2.05, 4.69) is 20.1 Å². The summed E-state index contributed by atoms with van der Waals surface area (Å²) >= 11 is 0. The average molecular weight is 206 g/mol. The number of methoxy groups -OCH3 is 1. The molecule has 0 aromatic carbocycles. The van der Waals surface area contributed by atoms with Gasteiger partial charge in [-0.3, -0.25) is 0 Å². The molecule has 3 heterocycles. The zero-order valence-electron chi connectivity index (χ0n) is 8.81. The molecule has 2 aliphatic rings. The molecule has 80 valence electrons. The van der Waals surface area contributed by atoms with Crippen LogP contribution in [-0.4, -0.2) is 46.8 Å². The normalized spacial score (nSPS) is 33.3. The Bertz CT molecular complexity index is 373. The Labute approximate surface area is 88.5 Å². The highest BCUT2D eigenvalue weighted by Gasteiger charge is 2.46. The first-order valence-corrected chi connectivity index (χ1v) is 5.29. The van der Waals surface area contributed by atoms with Crippen molar-refractivity contribution < 1.29 is 4.74 Å². The molecular weight excluding hydrogens is 192 g/mol. The molecule has 2 bridgehead atoms. The maximum absolute atomic E-state index is 5.02. The van der Waals surface area contributed by atoms with Crippen molar-refractivity contribution in [3.8, 4) is 6.01 Å². The van der Waals surface area contributed by atoms with Crippen LogP contribution in [0.15, 0.2) is 6.20 Å². The molecule has 5 heteroatoms. The molecule has 15 heavy (non-hydrogen) atoms. The minimum Gasteiger partial charge on any atom is -0.466 e. The second-order valence-corrected chi connectivity index (χ2v) is 4.38. The first-order valence-electron chi connectivity index (χ1n) is 5.29. The average Bonchev–Trinajstić information content (AvgIpc) is 2.90. The molecule has 2 aliphatic heterocycles. The Hall–Kier alpha value is -1.23. The first kappa shape index (κ1) is 9.03. The van der Waals surface area contributed by atoms with Crippen LogP contribution in [0.2, 0.25) is 0 Å². The standard InChI is InChI=1S/C10H14N4O/c1-15-9-12-8(6-11-13-9)10-2-4-14(7-10)5-3-10/h6H,2-5,7H2,1H3. The van der Waals surface area contributed by atoms with Crippen molar-refractivity contribution in [1.82, 2.24) is 20.1 Å². The van der Waals surface area contributed by atoms with Gasteiger partial charge in [-0.1, -0.05) is 5.10 Å². The molecule has 0 amide bonds. The number of nitrogens with zero attached hydrogens (tertiary/aromatic N) is 4. The fourth-order valence-electron chi connectivity index (χ4n) is 2.69. The lowest BCUT2D eigenvalue weighted by atomic mass is 9.82. The van der Waals surface area contributed by atoms with Crippen molar-refractivity contribution in [2.45, 2.75) is 18.3 Å². The van der Waals surface area contributed by atoms with Crippen molar-refractivity contribution >= 4 is 0 Å². The predicted molar refractivity (Wildman–Crippen MR) is 53.7 cm³/mol. The Kier molecular flexibility index (Phi) is 1.88. The summed E-state index contributed by atoms with van der Waals surface area (Å²) in [6, 6.07) is 0.382. The number of rotatable bonds is 2. The zero-order valence-corrected chi connectivity index (χ0v) is 8.81. The van der Waals surface area contributed by atoms with E-state index in [4.69, 9.17) is 4.74 Å². The van der Waals surface area contributed by atoms with E-state index in [-0.39, 0.29) is 5.41 Å². The van der Waals surface area contributed by atoms with Gasteiger partial charge < -0.3 is 9.64 Å². The van der Waals surface area contributed by atoms with E-state index in [9.17, 15) is 0 Å². The maximum Gasteiger partial charge on any atom is 0.335 e. The van der Waals surface area contributed by atoms with E-state index in [1.54, 1.807) is 13.3 Å². The molecule has 0 spiro atoms. The molecule has 0 atom stereocenters. The molecule has 0 N–H and O–H groups in total. The van der Waals surface area contributed by atoms with Crippen molar-refractivity contribution in [2.24, 2.45) is 0 Å². The van der Waals surface area contributed by atoms with Crippen LogP contribution < -0.4 is 4.74 Å². The molecule has 0 saturated carbocycles. The quantitative estimate of drug-likeness (QED) is 0.693. The highest BCUT2D eigenvalue weighted by Crippen LogP contribution is 2.42. The van der Waals surface area contributed by atoms with Crippen molar-refractivity contribution in [1.29, 1.82) is 0 Å². The predicted octanol–water partition coefficient (Wildman–Crippen LogP) is 0.227. The van der Waals surface area contributed by atoms with E-state index in [1.807, 2.05) is 0 Å². The molecule has 2 saturated heterocycles. The summed E-state index contributed by atoms with van der Waals surface area (Å²) in [5.41, 5.74) is 1.28. The fraction of sp³-hybridized carbons (Fsp3) is 0.700. The molecule has 3 rings (SSSR count). The largest absolute Gasteiger partial charge is 0.466 e. The van der Waals surface area contributed by atoms with Crippen LogP contribution in [0.3, 0.4) is 0 Å². The monoisotopic (exact) mass is 206 g/mol. The van der Waals surface area contributed by atoms with Gasteiger partial charge in [0.15, 0.2) is 0 Å². The number of hydrogen-bond donors (Lipinski definition) is 0. The van der Waals surface area contributed by atoms with E-state index in [0.717, 1.165) is 12.2 Å². The minimum atomic E-state index is 0.225.